The van der Waals surface area contributed by atoms with Gasteiger partial charge >= 0.3 is 11.7 Å². The lowest BCUT2D eigenvalue weighted by Gasteiger charge is -1.99. The van der Waals surface area contributed by atoms with Gasteiger partial charge in [-0.05, 0) is 13.8 Å². The van der Waals surface area contributed by atoms with Crippen molar-refractivity contribution in [2.24, 2.45) is 0 Å². The maximum Gasteiger partial charge on any atom is 0.343 e. The van der Waals surface area contributed by atoms with Gasteiger partial charge in [-0.3, -0.25) is 4.57 Å². The molecule has 6 nitrogen and oxygen atoms in total. The number of ether oxygens (including phenoxy) is 1. The molecule has 0 aliphatic carbocycles. The number of nitrogens with one attached hydrogen (secondary N) is 1. The predicted molar refractivity (Wildman–Crippen MR) is 65.0 cm³/mol. The van der Waals surface area contributed by atoms with Crippen LogP contribution in [0.1, 0.15) is 13.8 Å². The number of hydrogen-bond donors (Lipinski definition) is 1. The molecule has 94 valence electrons. The largest absolute Gasteiger partial charge is 0.463 e. The van der Waals surface area contributed by atoms with Crippen LogP contribution in [0.5, 0.6) is 0 Å². The Morgan fingerprint density at radius 1 is 1.59 bits per heavy atom. The van der Waals surface area contributed by atoms with E-state index in [4.69, 9.17) is 4.74 Å². The molecule has 0 aromatic carbocycles. The van der Waals surface area contributed by atoms with Crippen LogP contribution >= 0.6 is 11.8 Å². The highest BCUT2D eigenvalue weighted by Crippen LogP contribution is 2.12. The quantitative estimate of drug-likeness (QED) is 0.463. The first kappa shape index (κ1) is 13.6. The van der Waals surface area contributed by atoms with Crippen molar-refractivity contribution in [2.75, 3.05) is 12.4 Å². The summed E-state index contributed by atoms with van der Waals surface area (Å²) in [6.45, 7) is 4.56. The fourth-order valence-electron chi connectivity index (χ4n) is 1.15. The van der Waals surface area contributed by atoms with E-state index in [0.29, 0.717) is 24.1 Å². The lowest BCUT2D eigenvalue weighted by atomic mass is 10.5. The minimum absolute atomic E-state index is 0.218. The molecule has 0 radical (unpaired) electrons. The summed E-state index contributed by atoms with van der Waals surface area (Å²) < 4.78 is 6.26. The summed E-state index contributed by atoms with van der Waals surface area (Å²) in [6, 6.07) is 0. The van der Waals surface area contributed by atoms with Crippen molar-refractivity contribution in [3.05, 3.63) is 22.6 Å². The van der Waals surface area contributed by atoms with Crippen LogP contribution in [0, 0.1) is 0 Å². The zero-order chi connectivity index (χ0) is 12.7. The maximum absolute atomic E-state index is 11.2. The van der Waals surface area contributed by atoms with Crippen molar-refractivity contribution in [1.82, 2.24) is 14.8 Å². The number of aromatic amines is 1. The molecule has 0 saturated heterocycles. The van der Waals surface area contributed by atoms with Crippen molar-refractivity contribution in [1.29, 1.82) is 0 Å². The lowest BCUT2D eigenvalue weighted by molar-refractivity contribution is -0.137. The van der Waals surface area contributed by atoms with E-state index < -0.39 is 0 Å². The zero-order valence-corrected chi connectivity index (χ0v) is 10.6. The van der Waals surface area contributed by atoms with Crippen molar-refractivity contribution in [3.8, 4) is 0 Å². The van der Waals surface area contributed by atoms with Crippen molar-refractivity contribution in [3.63, 3.8) is 0 Å². The monoisotopic (exact) mass is 257 g/mol. The van der Waals surface area contributed by atoms with Gasteiger partial charge in [0.05, 0.1) is 6.61 Å². The highest BCUT2D eigenvalue weighted by molar-refractivity contribution is 7.99. The molecular formula is C10H15N3O3S. The standard InChI is InChI=1S/C10H15N3O3S/c1-3-13-9(15)11-12-10(13)17-7-5-6-8(14)16-4-2/h5-6H,3-4,7H2,1-2H3,(H,11,15)/b6-5+. The van der Waals surface area contributed by atoms with E-state index in [1.807, 2.05) is 6.92 Å². The third kappa shape index (κ3) is 4.10. The number of rotatable bonds is 6. The first-order valence-electron chi connectivity index (χ1n) is 5.30. The molecule has 17 heavy (non-hydrogen) atoms. The number of nitrogens with zero attached hydrogens (tertiary/aromatic N) is 2. The van der Waals surface area contributed by atoms with E-state index in [-0.39, 0.29) is 11.7 Å². The molecule has 0 unspecified atom stereocenters. The summed E-state index contributed by atoms with van der Waals surface area (Å²) in [5.74, 6) is 0.200. The van der Waals surface area contributed by atoms with Gasteiger partial charge in [0.2, 0.25) is 0 Å². The van der Waals surface area contributed by atoms with E-state index in [1.165, 1.54) is 22.4 Å². The first-order valence-corrected chi connectivity index (χ1v) is 6.28. The Morgan fingerprint density at radius 3 is 3.00 bits per heavy atom. The van der Waals surface area contributed by atoms with Gasteiger partial charge in [0.25, 0.3) is 0 Å². The zero-order valence-electron chi connectivity index (χ0n) is 9.80. The first-order chi connectivity index (χ1) is 8.19. The topological polar surface area (TPSA) is 77.0 Å². The fraction of sp³-hybridized carbons (Fsp3) is 0.500. The normalized spacial score (nSPS) is 10.9. The molecule has 0 fully saturated rings. The van der Waals surface area contributed by atoms with Crippen molar-refractivity contribution < 1.29 is 9.53 Å². The number of carbonyl (C=O) groups excluding carboxylic acids is 1. The Bertz CT molecular complexity index is 450. The summed E-state index contributed by atoms with van der Waals surface area (Å²) in [6.07, 6.45) is 3.05. The Hall–Kier alpha value is -1.50. The third-order valence-electron chi connectivity index (χ3n) is 1.89. The minimum atomic E-state index is -0.358. The lowest BCUT2D eigenvalue weighted by Crippen LogP contribution is -2.16. The molecule has 0 spiro atoms. The summed E-state index contributed by atoms with van der Waals surface area (Å²) in [7, 11) is 0. The van der Waals surface area contributed by atoms with Gasteiger partial charge < -0.3 is 4.74 Å². The minimum Gasteiger partial charge on any atom is -0.463 e. The van der Waals surface area contributed by atoms with Crippen LogP contribution in [0.4, 0.5) is 0 Å². The Balaban J connectivity index is 2.46. The van der Waals surface area contributed by atoms with Crippen LogP contribution in [-0.2, 0) is 16.1 Å². The predicted octanol–water partition coefficient (Wildman–Crippen LogP) is 0.803. The van der Waals surface area contributed by atoms with Crippen LogP contribution < -0.4 is 5.69 Å². The number of carbonyl (C=O) groups is 1. The molecule has 1 aromatic heterocycles. The molecular weight excluding hydrogens is 242 g/mol. The van der Waals surface area contributed by atoms with Crippen LogP contribution in [0.25, 0.3) is 0 Å². The molecule has 1 heterocycles. The van der Waals surface area contributed by atoms with Gasteiger partial charge in [0.15, 0.2) is 5.16 Å². The van der Waals surface area contributed by atoms with E-state index in [0.717, 1.165) is 0 Å². The van der Waals surface area contributed by atoms with Gasteiger partial charge in [0.1, 0.15) is 0 Å². The highest BCUT2D eigenvalue weighted by atomic mass is 32.2. The summed E-state index contributed by atoms with van der Waals surface area (Å²) in [4.78, 5) is 22.2. The van der Waals surface area contributed by atoms with E-state index in [9.17, 15) is 9.59 Å². The molecule has 1 rings (SSSR count). The molecule has 7 heteroatoms. The van der Waals surface area contributed by atoms with Crippen molar-refractivity contribution >= 4 is 17.7 Å². The van der Waals surface area contributed by atoms with Crippen LogP contribution in [0.15, 0.2) is 22.1 Å². The molecule has 0 bridgehead atoms. The molecule has 0 aliphatic heterocycles. The average Bonchev–Trinajstić information content (AvgIpc) is 2.66. The number of hydrogen-bond acceptors (Lipinski definition) is 5. The second-order valence-corrected chi connectivity index (χ2v) is 4.01. The van der Waals surface area contributed by atoms with Gasteiger partial charge in [-0.1, -0.05) is 17.8 Å². The summed E-state index contributed by atoms with van der Waals surface area (Å²) >= 11 is 1.38. The number of thioether (sulfide) groups is 1. The van der Waals surface area contributed by atoms with E-state index >= 15 is 0 Å². The SMILES string of the molecule is CCOC(=O)/C=C/CSc1n[nH]c(=O)n1CC. The van der Waals surface area contributed by atoms with Gasteiger partial charge in [-0.25, -0.2) is 14.7 Å². The van der Waals surface area contributed by atoms with Crippen LogP contribution in [0.3, 0.4) is 0 Å². The van der Waals surface area contributed by atoms with Gasteiger partial charge in [-0.2, -0.15) is 0 Å². The van der Waals surface area contributed by atoms with E-state index in [2.05, 4.69) is 10.2 Å². The van der Waals surface area contributed by atoms with Crippen molar-refractivity contribution in [2.45, 2.75) is 25.5 Å². The average molecular weight is 257 g/mol. The molecule has 0 atom stereocenters. The second-order valence-electron chi connectivity index (χ2n) is 3.02. The number of aromatic nitrogens is 3. The van der Waals surface area contributed by atoms with E-state index in [1.54, 1.807) is 13.0 Å². The summed E-state index contributed by atoms with van der Waals surface area (Å²) in [5.41, 5.74) is -0.218. The number of H-pyrrole nitrogens is 1. The number of esters is 1. The Morgan fingerprint density at radius 2 is 2.35 bits per heavy atom. The van der Waals surface area contributed by atoms with Crippen LogP contribution in [0.2, 0.25) is 0 Å². The fourth-order valence-corrected chi connectivity index (χ4v) is 1.97. The maximum atomic E-state index is 11.2. The molecule has 0 aliphatic rings. The smallest absolute Gasteiger partial charge is 0.343 e. The Labute approximate surface area is 103 Å². The summed E-state index contributed by atoms with van der Waals surface area (Å²) in [5, 5.41) is 6.87. The molecule has 1 aromatic rings. The second kappa shape index (κ2) is 6.95. The molecule has 0 saturated carbocycles. The van der Waals surface area contributed by atoms with Gasteiger partial charge in [0, 0.05) is 18.4 Å². The molecule has 1 N–H and O–H groups in total. The highest BCUT2D eigenvalue weighted by Gasteiger charge is 2.05. The van der Waals surface area contributed by atoms with Crippen LogP contribution in [-0.4, -0.2) is 33.1 Å². The third-order valence-corrected chi connectivity index (χ3v) is 2.82. The Kier molecular flexibility index (Phi) is 5.55. The van der Waals surface area contributed by atoms with Gasteiger partial charge in [-0.15, -0.1) is 5.10 Å². The molecule has 0 amide bonds.